The zero-order valence-corrected chi connectivity index (χ0v) is 15.1. The zero-order chi connectivity index (χ0) is 19.1. The molecule has 3 heterocycles. The molecule has 3 aromatic rings. The third-order valence-electron chi connectivity index (χ3n) is 4.56. The van der Waals surface area contributed by atoms with Crippen LogP contribution in [-0.4, -0.2) is 32.2 Å². The summed E-state index contributed by atoms with van der Waals surface area (Å²) < 4.78 is 25.8. The maximum absolute atomic E-state index is 13.4. The second-order valence-corrected chi connectivity index (χ2v) is 6.57. The molecule has 1 aliphatic rings. The first-order valence-corrected chi connectivity index (χ1v) is 8.51. The molecule has 0 saturated carbocycles. The Balaban J connectivity index is 1.52. The van der Waals surface area contributed by atoms with Crippen molar-refractivity contribution in [2.75, 3.05) is 0 Å². The van der Waals surface area contributed by atoms with Crippen LogP contribution in [0, 0.1) is 19.7 Å². The Labute approximate surface area is 154 Å². The van der Waals surface area contributed by atoms with Crippen molar-refractivity contribution in [2.45, 2.75) is 39.5 Å². The van der Waals surface area contributed by atoms with Crippen molar-refractivity contribution in [3.05, 3.63) is 58.5 Å². The van der Waals surface area contributed by atoms with Crippen LogP contribution >= 0.6 is 0 Å². The molecule has 0 saturated heterocycles. The van der Waals surface area contributed by atoms with Crippen LogP contribution in [0.25, 0.3) is 0 Å². The highest BCUT2D eigenvalue weighted by molar-refractivity contribution is 5.93. The van der Waals surface area contributed by atoms with Crippen LogP contribution in [0.5, 0.6) is 5.75 Å². The molecule has 1 aliphatic heterocycles. The minimum Gasteiger partial charge on any atom is -0.488 e. The van der Waals surface area contributed by atoms with Gasteiger partial charge in [-0.05, 0) is 26.8 Å². The molecule has 0 bridgehead atoms. The lowest BCUT2D eigenvalue weighted by atomic mass is 10.0. The number of fused-ring (bicyclic) bond motifs is 1. The number of carbonyl (C=O) groups excluding carboxylic acids is 1. The number of aromatic nitrogens is 4. The van der Waals surface area contributed by atoms with Crippen molar-refractivity contribution < 1.29 is 18.4 Å². The fourth-order valence-corrected chi connectivity index (χ4v) is 3.15. The molecule has 8 nitrogen and oxygen atoms in total. The molecule has 27 heavy (non-hydrogen) atoms. The van der Waals surface area contributed by atoms with Crippen LogP contribution in [0.3, 0.4) is 0 Å². The van der Waals surface area contributed by atoms with E-state index in [0.29, 0.717) is 23.7 Å². The average molecular weight is 371 g/mol. The van der Waals surface area contributed by atoms with Gasteiger partial charge in [0.15, 0.2) is 11.5 Å². The number of halogens is 1. The first kappa shape index (κ1) is 17.2. The molecule has 0 unspecified atom stereocenters. The number of hydrogen-bond acceptors (Lipinski definition) is 6. The van der Waals surface area contributed by atoms with E-state index < -0.39 is 6.04 Å². The van der Waals surface area contributed by atoms with E-state index in [0.717, 1.165) is 11.3 Å². The molecular formula is C18H18FN5O3. The van der Waals surface area contributed by atoms with E-state index >= 15 is 0 Å². The third kappa shape index (κ3) is 3.16. The van der Waals surface area contributed by atoms with Crippen LogP contribution in [0.15, 0.2) is 28.8 Å². The smallest absolute Gasteiger partial charge is 0.274 e. The van der Waals surface area contributed by atoms with Crippen molar-refractivity contribution >= 4 is 5.91 Å². The van der Waals surface area contributed by atoms with E-state index in [4.69, 9.17) is 9.26 Å². The molecule has 0 aliphatic carbocycles. The summed E-state index contributed by atoms with van der Waals surface area (Å²) in [6.45, 7) is 5.74. The fourth-order valence-electron chi connectivity index (χ4n) is 3.15. The highest BCUT2D eigenvalue weighted by Crippen LogP contribution is 2.37. The number of amides is 1. The van der Waals surface area contributed by atoms with E-state index in [1.165, 1.54) is 12.1 Å². The molecular weight excluding hydrogens is 353 g/mol. The van der Waals surface area contributed by atoms with Gasteiger partial charge in [-0.15, -0.1) is 5.10 Å². The molecule has 2 aromatic heterocycles. The number of ether oxygens (including phenoxy) is 1. The number of hydrogen-bond donors (Lipinski definition) is 1. The lowest BCUT2D eigenvalue weighted by Gasteiger charge is -2.16. The Morgan fingerprint density at radius 3 is 2.89 bits per heavy atom. The molecule has 1 N–H and O–H groups in total. The molecule has 1 aromatic carbocycles. The van der Waals surface area contributed by atoms with Gasteiger partial charge in [-0.2, -0.15) is 0 Å². The summed E-state index contributed by atoms with van der Waals surface area (Å²) >= 11 is 0. The largest absolute Gasteiger partial charge is 0.488 e. The van der Waals surface area contributed by atoms with Gasteiger partial charge in [0, 0.05) is 17.7 Å². The first-order valence-electron chi connectivity index (χ1n) is 8.51. The van der Waals surface area contributed by atoms with Crippen LogP contribution in [0.1, 0.15) is 46.2 Å². The Morgan fingerprint density at radius 2 is 2.15 bits per heavy atom. The van der Waals surface area contributed by atoms with Gasteiger partial charge < -0.3 is 14.6 Å². The summed E-state index contributed by atoms with van der Waals surface area (Å²) in [5, 5.41) is 14.8. The van der Waals surface area contributed by atoms with Gasteiger partial charge in [-0.1, -0.05) is 16.4 Å². The van der Waals surface area contributed by atoms with Gasteiger partial charge in [0.1, 0.15) is 24.2 Å². The van der Waals surface area contributed by atoms with Crippen molar-refractivity contribution in [1.82, 2.24) is 25.5 Å². The minimum atomic E-state index is -0.394. The van der Waals surface area contributed by atoms with E-state index in [1.807, 2.05) is 13.8 Å². The summed E-state index contributed by atoms with van der Waals surface area (Å²) in [5.41, 5.74) is 2.33. The number of nitrogens with one attached hydrogen (secondary N) is 1. The molecule has 1 amide bonds. The predicted molar refractivity (Wildman–Crippen MR) is 91.8 cm³/mol. The van der Waals surface area contributed by atoms with Crippen LogP contribution in [0.2, 0.25) is 0 Å². The minimum absolute atomic E-state index is 0.217. The topological polar surface area (TPSA) is 95.1 Å². The molecule has 4 rings (SSSR count). The van der Waals surface area contributed by atoms with Crippen LogP contribution in [-0.2, 0) is 6.54 Å². The highest BCUT2D eigenvalue weighted by Gasteiger charge is 2.34. The number of aryl methyl sites for hydroxylation is 1. The SMILES string of the molecule is Cc1cc(Cn2nnc(C(=O)N[C@H]3c4ccc(F)cc4O[C@H]3C)c2C)on1. The number of rotatable bonds is 4. The Morgan fingerprint density at radius 1 is 1.33 bits per heavy atom. The normalized spacial score (nSPS) is 18.2. The Bertz CT molecular complexity index is 1010. The maximum atomic E-state index is 13.4. The predicted octanol–water partition coefficient (Wildman–Crippen LogP) is 2.32. The van der Waals surface area contributed by atoms with Crippen LogP contribution in [0.4, 0.5) is 4.39 Å². The highest BCUT2D eigenvalue weighted by atomic mass is 19.1. The number of benzene rings is 1. The molecule has 140 valence electrons. The summed E-state index contributed by atoms with van der Waals surface area (Å²) in [5.74, 6) is 0.314. The lowest BCUT2D eigenvalue weighted by molar-refractivity contribution is 0.0902. The monoisotopic (exact) mass is 371 g/mol. The Hall–Kier alpha value is -3.23. The van der Waals surface area contributed by atoms with Gasteiger partial charge >= 0.3 is 0 Å². The summed E-state index contributed by atoms with van der Waals surface area (Å²) in [4.78, 5) is 12.7. The number of nitrogens with zero attached hydrogens (tertiary/aromatic N) is 4. The van der Waals surface area contributed by atoms with Gasteiger partial charge in [0.25, 0.3) is 5.91 Å². The van der Waals surface area contributed by atoms with Crippen molar-refractivity contribution in [3.8, 4) is 5.75 Å². The van der Waals surface area contributed by atoms with E-state index in [9.17, 15) is 9.18 Å². The molecule has 0 fully saturated rings. The standard InChI is InChI=1S/C18H18FN5O3/c1-9-6-13(27-22-9)8-24-10(2)16(21-23-24)18(25)20-17-11(3)26-15-7-12(19)4-5-14(15)17/h4-7,11,17H,8H2,1-3H3,(H,20,25)/t11-,17+/m0/s1. The van der Waals surface area contributed by atoms with Gasteiger partial charge in [-0.25, -0.2) is 9.07 Å². The quantitative estimate of drug-likeness (QED) is 0.756. The van der Waals surface area contributed by atoms with Gasteiger partial charge in [-0.3, -0.25) is 4.79 Å². The van der Waals surface area contributed by atoms with Crippen molar-refractivity contribution in [3.63, 3.8) is 0 Å². The van der Waals surface area contributed by atoms with Crippen molar-refractivity contribution in [2.24, 2.45) is 0 Å². The van der Waals surface area contributed by atoms with E-state index in [-0.39, 0.29) is 23.5 Å². The average Bonchev–Trinajstić information content (AvgIpc) is 3.27. The summed E-state index contributed by atoms with van der Waals surface area (Å²) in [6, 6.07) is 5.69. The second-order valence-electron chi connectivity index (χ2n) is 6.57. The van der Waals surface area contributed by atoms with E-state index in [1.54, 1.807) is 23.7 Å². The molecule has 0 spiro atoms. The van der Waals surface area contributed by atoms with E-state index in [2.05, 4.69) is 20.8 Å². The summed E-state index contributed by atoms with van der Waals surface area (Å²) in [6.07, 6.45) is -0.321. The molecule has 9 heteroatoms. The van der Waals surface area contributed by atoms with Crippen LogP contribution < -0.4 is 10.1 Å². The third-order valence-corrected chi connectivity index (χ3v) is 4.56. The fraction of sp³-hybridized carbons (Fsp3) is 0.333. The molecule has 0 radical (unpaired) electrons. The van der Waals surface area contributed by atoms with Crippen molar-refractivity contribution in [1.29, 1.82) is 0 Å². The van der Waals surface area contributed by atoms with Gasteiger partial charge in [0.2, 0.25) is 0 Å². The summed E-state index contributed by atoms with van der Waals surface area (Å²) in [7, 11) is 0. The second kappa shape index (κ2) is 6.49. The maximum Gasteiger partial charge on any atom is 0.274 e. The zero-order valence-electron chi connectivity index (χ0n) is 15.1. The van der Waals surface area contributed by atoms with Gasteiger partial charge in [0.05, 0.1) is 17.4 Å². The Kier molecular flexibility index (Phi) is 4.14. The lowest BCUT2D eigenvalue weighted by Crippen LogP contribution is -2.34. The first-order chi connectivity index (χ1) is 12.9. The number of carbonyl (C=O) groups is 1. The molecule has 2 atom stereocenters.